The van der Waals surface area contributed by atoms with Gasteiger partial charge in [0.05, 0.1) is 10.2 Å². The van der Waals surface area contributed by atoms with E-state index >= 15 is 0 Å². The van der Waals surface area contributed by atoms with Gasteiger partial charge in [-0.25, -0.2) is 4.98 Å². The molecule has 0 spiro atoms. The van der Waals surface area contributed by atoms with Crippen molar-refractivity contribution in [3.8, 4) is 17.6 Å². The monoisotopic (exact) mass is 339 g/mol. The van der Waals surface area contributed by atoms with Gasteiger partial charge in [0.25, 0.3) is 0 Å². The largest absolute Gasteiger partial charge is 0.506 e. The predicted molar refractivity (Wildman–Crippen MR) is 89.9 cm³/mol. The van der Waals surface area contributed by atoms with Gasteiger partial charge in [-0.15, -0.1) is 16.2 Å². The number of nitrogens with zero attached hydrogens (tertiary/aromatic N) is 3. The van der Waals surface area contributed by atoms with Crippen LogP contribution in [0.3, 0.4) is 0 Å². The molecule has 0 aliphatic carbocycles. The number of hydrogen-bond donors (Lipinski definition) is 3. The van der Waals surface area contributed by atoms with E-state index in [1.165, 1.54) is 11.3 Å². The highest BCUT2D eigenvalue weighted by Crippen LogP contribution is 2.39. The number of aliphatic hydroxyl groups is 1. The van der Waals surface area contributed by atoms with Crippen LogP contribution in [-0.2, 0) is 0 Å². The van der Waals surface area contributed by atoms with Crippen LogP contribution in [0.25, 0.3) is 21.5 Å². The van der Waals surface area contributed by atoms with Gasteiger partial charge in [-0.3, -0.25) is 0 Å². The van der Waals surface area contributed by atoms with Gasteiger partial charge in [-0.2, -0.15) is 5.26 Å². The number of aromatic nitrogens is 1. The van der Waals surface area contributed by atoms with Crippen LogP contribution < -0.4 is 0 Å². The number of fused-ring (bicyclic) bond motifs is 1. The van der Waals surface area contributed by atoms with Crippen LogP contribution >= 0.6 is 11.3 Å². The summed E-state index contributed by atoms with van der Waals surface area (Å²) in [4.78, 5) is 15.0. The summed E-state index contributed by atoms with van der Waals surface area (Å²) in [5.74, 6) is -1.80. The Hall–Kier alpha value is -3.44. The third-order valence-corrected chi connectivity index (χ3v) is 4.35. The maximum Gasteiger partial charge on any atom is 0.187 e. The average molecular weight is 339 g/mol. The number of allylic oxidation sites excluding steroid dienone is 1. The van der Waals surface area contributed by atoms with Crippen LogP contribution in [-0.4, -0.2) is 20.3 Å². The molecular formula is C16H9N3O4S. The molecule has 118 valence electrons. The predicted octanol–water partition coefficient (Wildman–Crippen LogP) is 4.06. The fourth-order valence-corrected chi connectivity index (χ4v) is 3.10. The molecule has 8 heteroatoms. The zero-order valence-corrected chi connectivity index (χ0v) is 12.8. The maximum absolute atomic E-state index is 10.7. The second-order valence-corrected chi connectivity index (χ2v) is 5.81. The highest BCUT2D eigenvalue weighted by Gasteiger charge is 2.18. The molecule has 0 radical (unpaired) electrons. The second kappa shape index (κ2) is 5.98. The lowest BCUT2D eigenvalue weighted by Crippen LogP contribution is -1.90. The van der Waals surface area contributed by atoms with Crippen LogP contribution in [0.2, 0.25) is 0 Å². The number of para-hydroxylation sites is 1. The Morgan fingerprint density at radius 2 is 2.00 bits per heavy atom. The molecule has 0 unspecified atom stereocenters. The Morgan fingerprint density at radius 3 is 2.67 bits per heavy atom. The van der Waals surface area contributed by atoms with Crippen LogP contribution in [0.1, 0.15) is 10.6 Å². The molecule has 0 aliphatic heterocycles. The number of benzene rings is 2. The number of phenols is 2. The summed E-state index contributed by atoms with van der Waals surface area (Å²) >= 11 is 1.22. The van der Waals surface area contributed by atoms with Crippen LogP contribution in [0.15, 0.2) is 41.6 Å². The lowest BCUT2D eigenvalue weighted by Gasteiger charge is -2.06. The zero-order chi connectivity index (χ0) is 17.3. The SMILES string of the molecule is N#C/C(=C(/O)c1cc(O)c(O)c(N=O)c1)c1nc2ccccc2s1. The Kier molecular flexibility index (Phi) is 3.85. The van der Waals surface area contributed by atoms with Crippen molar-refractivity contribution < 1.29 is 15.3 Å². The van der Waals surface area contributed by atoms with Crippen LogP contribution in [0.5, 0.6) is 11.5 Å². The van der Waals surface area contributed by atoms with E-state index in [0.717, 1.165) is 16.8 Å². The third-order valence-electron chi connectivity index (χ3n) is 3.30. The van der Waals surface area contributed by atoms with Gasteiger partial charge in [0, 0.05) is 5.56 Å². The standard InChI is InChI=1S/C16H9N3O4S/c17-7-9(16-18-10-3-1-2-4-13(10)24-16)14(21)8-5-11(19-23)15(22)12(20)6-8/h1-6,20-22H/b14-9-. The molecule has 1 heterocycles. The summed E-state index contributed by atoms with van der Waals surface area (Å²) in [5, 5.41) is 41.8. The molecule has 1 aromatic heterocycles. The molecule has 7 nitrogen and oxygen atoms in total. The molecular weight excluding hydrogens is 330 g/mol. The topological polar surface area (TPSA) is 127 Å². The highest BCUT2D eigenvalue weighted by molar-refractivity contribution is 7.19. The van der Waals surface area contributed by atoms with Crippen molar-refractivity contribution in [2.75, 3.05) is 0 Å². The van der Waals surface area contributed by atoms with E-state index in [1.807, 2.05) is 24.3 Å². The molecule has 3 aromatic rings. The Labute approximate surface area is 139 Å². The number of aliphatic hydroxyl groups excluding tert-OH is 1. The fourth-order valence-electron chi connectivity index (χ4n) is 2.14. The van der Waals surface area contributed by atoms with Crippen molar-refractivity contribution in [1.29, 1.82) is 5.26 Å². The fraction of sp³-hybridized carbons (Fsp3) is 0. The zero-order valence-electron chi connectivity index (χ0n) is 12.0. The Balaban J connectivity index is 2.20. The second-order valence-electron chi connectivity index (χ2n) is 4.78. The van der Waals surface area contributed by atoms with E-state index in [1.54, 1.807) is 6.07 Å². The van der Waals surface area contributed by atoms with Gasteiger partial charge >= 0.3 is 0 Å². The normalized spacial score (nSPS) is 11.8. The van der Waals surface area contributed by atoms with Gasteiger partial charge in [0.2, 0.25) is 0 Å². The summed E-state index contributed by atoms with van der Waals surface area (Å²) < 4.78 is 0.844. The quantitative estimate of drug-likeness (QED) is 0.286. The number of phenolic OH excluding ortho intramolecular Hbond substituents is 2. The minimum atomic E-state index is -0.694. The first kappa shape index (κ1) is 15.5. The number of thiazole rings is 1. The minimum Gasteiger partial charge on any atom is -0.506 e. The van der Waals surface area contributed by atoms with Crippen molar-refractivity contribution in [3.05, 3.63) is 51.9 Å². The minimum absolute atomic E-state index is 0.0318. The van der Waals surface area contributed by atoms with Gasteiger partial charge in [0.15, 0.2) is 17.2 Å². The summed E-state index contributed by atoms with van der Waals surface area (Å²) in [5.41, 5.74) is 0.0915. The molecule has 3 rings (SSSR count). The molecule has 24 heavy (non-hydrogen) atoms. The Bertz CT molecular complexity index is 1000. The number of aromatic hydroxyl groups is 2. The van der Waals surface area contributed by atoms with E-state index in [2.05, 4.69) is 10.2 Å². The molecule has 0 saturated heterocycles. The van der Waals surface area contributed by atoms with Crippen LogP contribution in [0, 0.1) is 16.2 Å². The summed E-state index contributed by atoms with van der Waals surface area (Å²) in [6.07, 6.45) is 0. The van der Waals surface area contributed by atoms with Gasteiger partial charge in [0.1, 0.15) is 22.4 Å². The molecule has 0 aliphatic rings. The van der Waals surface area contributed by atoms with Crippen molar-refractivity contribution >= 4 is 38.6 Å². The molecule has 0 atom stereocenters. The van der Waals surface area contributed by atoms with Crippen molar-refractivity contribution in [2.45, 2.75) is 0 Å². The summed E-state index contributed by atoms with van der Waals surface area (Å²) in [6.45, 7) is 0. The first-order chi connectivity index (χ1) is 11.5. The molecule has 2 aromatic carbocycles. The first-order valence-corrected chi connectivity index (χ1v) is 7.45. The number of hydrogen-bond acceptors (Lipinski definition) is 8. The summed E-state index contributed by atoms with van der Waals surface area (Å²) in [6, 6.07) is 11.2. The van der Waals surface area contributed by atoms with E-state index < -0.39 is 22.9 Å². The van der Waals surface area contributed by atoms with E-state index in [9.17, 15) is 25.5 Å². The molecule has 3 N–H and O–H groups in total. The van der Waals surface area contributed by atoms with Gasteiger partial charge in [-0.05, 0) is 29.4 Å². The van der Waals surface area contributed by atoms with Crippen molar-refractivity contribution in [3.63, 3.8) is 0 Å². The lowest BCUT2D eigenvalue weighted by molar-refractivity contribution is 0.404. The number of nitriles is 1. The summed E-state index contributed by atoms with van der Waals surface area (Å²) in [7, 11) is 0. The lowest BCUT2D eigenvalue weighted by atomic mass is 10.1. The Morgan fingerprint density at radius 1 is 1.25 bits per heavy atom. The van der Waals surface area contributed by atoms with Crippen molar-refractivity contribution in [2.24, 2.45) is 5.18 Å². The number of nitroso groups, excluding NO2 is 1. The molecule has 0 fully saturated rings. The highest BCUT2D eigenvalue weighted by atomic mass is 32.1. The van der Waals surface area contributed by atoms with Gasteiger partial charge in [-0.1, -0.05) is 12.1 Å². The maximum atomic E-state index is 10.7. The molecule has 0 bridgehead atoms. The molecule has 0 saturated carbocycles. The van der Waals surface area contributed by atoms with Gasteiger partial charge < -0.3 is 15.3 Å². The third kappa shape index (κ3) is 2.53. The number of rotatable bonds is 3. The molecule has 0 amide bonds. The van der Waals surface area contributed by atoms with Crippen molar-refractivity contribution in [1.82, 2.24) is 4.98 Å². The van der Waals surface area contributed by atoms with E-state index in [0.29, 0.717) is 10.5 Å². The average Bonchev–Trinajstić information content (AvgIpc) is 3.01. The van der Waals surface area contributed by atoms with Crippen LogP contribution in [0.4, 0.5) is 5.69 Å². The van der Waals surface area contributed by atoms with E-state index in [-0.39, 0.29) is 11.1 Å². The smallest absolute Gasteiger partial charge is 0.187 e. The van der Waals surface area contributed by atoms with E-state index in [4.69, 9.17) is 0 Å². The first-order valence-electron chi connectivity index (χ1n) is 6.64.